The number of anilines is 1. The number of carbonyl (C=O) groups is 1. The van der Waals surface area contributed by atoms with Crippen molar-refractivity contribution in [1.29, 1.82) is 0 Å². The molecule has 0 unspecified atom stereocenters. The third-order valence-electron chi connectivity index (χ3n) is 2.67. The van der Waals surface area contributed by atoms with Crippen LogP contribution >= 0.6 is 11.6 Å². The van der Waals surface area contributed by atoms with Crippen molar-refractivity contribution in [2.24, 2.45) is 0 Å². The van der Waals surface area contributed by atoms with Crippen molar-refractivity contribution >= 4 is 23.2 Å². The Bertz CT molecular complexity index is 625. The van der Waals surface area contributed by atoms with Gasteiger partial charge in [-0.2, -0.15) is 0 Å². The molecule has 1 aromatic heterocycles. The molecule has 0 fully saturated rings. The molecular weight excluding hydrogens is 271 g/mol. The molecule has 19 heavy (non-hydrogen) atoms. The first kappa shape index (κ1) is 13.5. The lowest BCUT2D eigenvalue weighted by atomic mass is 10.1. The zero-order chi connectivity index (χ0) is 14.0. The molecule has 1 aromatic carbocycles. The molecule has 0 aliphatic rings. The van der Waals surface area contributed by atoms with Crippen LogP contribution in [0.3, 0.4) is 0 Å². The van der Waals surface area contributed by atoms with Gasteiger partial charge in [0.05, 0.1) is 10.7 Å². The van der Waals surface area contributed by atoms with Crippen molar-refractivity contribution in [1.82, 2.24) is 5.16 Å². The number of aromatic nitrogens is 1. The topological polar surface area (TPSA) is 55.1 Å². The number of hydrogen-bond donors (Lipinski definition) is 1. The predicted octanol–water partition coefficient (Wildman–Crippen LogP) is 3.59. The molecule has 0 saturated carbocycles. The molecule has 6 heteroatoms. The van der Waals surface area contributed by atoms with Gasteiger partial charge < -0.3 is 9.84 Å². The highest BCUT2D eigenvalue weighted by atomic mass is 35.5. The molecule has 4 nitrogen and oxygen atoms in total. The zero-order valence-corrected chi connectivity index (χ0v) is 11.2. The number of carbonyl (C=O) groups excluding carboxylic acids is 1. The number of nitrogens with zero attached hydrogens (tertiary/aromatic N) is 1. The average molecular weight is 283 g/mol. The Morgan fingerprint density at radius 3 is 2.89 bits per heavy atom. The van der Waals surface area contributed by atoms with Gasteiger partial charge in [-0.3, -0.25) is 4.79 Å². The fourth-order valence-corrected chi connectivity index (χ4v) is 1.90. The Hall–Kier alpha value is -1.88. The summed E-state index contributed by atoms with van der Waals surface area (Å²) in [5, 5.41) is 6.40. The molecular formula is C13H12ClFN2O2. The van der Waals surface area contributed by atoms with Crippen molar-refractivity contribution < 1.29 is 13.7 Å². The molecule has 1 heterocycles. The summed E-state index contributed by atoms with van der Waals surface area (Å²) in [6.07, 6.45) is 0.588. The van der Waals surface area contributed by atoms with Gasteiger partial charge in [-0.05, 0) is 31.5 Å². The molecule has 0 atom stereocenters. The third-order valence-corrected chi connectivity index (χ3v) is 2.96. The van der Waals surface area contributed by atoms with Crippen molar-refractivity contribution in [3.8, 4) is 0 Å². The minimum absolute atomic E-state index is 0.0458. The summed E-state index contributed by atoms with van der Waals surface area (Å²) in [5.41, 5.74) is 1.41. The van der Waals surface area contributed by atoms with E-state index in [0.717, 1.165) is 0 Å². The lowest BCUT2D eigenvalue weighted by Crippen LogP contribution is -2.14. The Balaban J connectivity index is 2.25. The van der Waals surface area contributed by atoms with Crippen LogP contribution in [0.5, 0.6) is 0 Å². The van der Waals surface area contributed by atoms with E-state index in [9.17, 15) is 9.18 Å². The second-order valence-corrected chi connectivity index (χ2v) is 4.40. The number of rotatable bonds is 3. The highest BCUT2D eigenvalue weighted by molar-refractivity contribution is 6.31. The number of benzene rings is 1. The third kappa shape index (κ3) is 2.76. The monoisotopic (exact) mass is 282 g/mol. The zero-order valence-electron chi connectivity index (χ0n) is 10.5. The minimum Gasteiger partial charge on any atom is -0.361 e. The van der Waals surface area contributed by atoms with E-state index in [4.69, 9.17) is 16.1 Å². The first-order valence-corrected chi connectivity index (χ1v) is 6.12. The van der Waals surface area contributed by atoms with Gasteiger partial charge in [0.25, 0.3) is 5.91 Å². The Kier molecular flexibility index (Phi) is 3.85. The maximum Gasteiger partial charge on any atom is 0.261 e. The number of halogens is 2. The van der Waals surface area contributed by atoms with Gasteiger partial charge in [0, 0.05) is 5.69 Å². The first-order chi connectivity index (χ1) is 9.02. The highest BCUT2D eigenvalue weighted by Crippen LogP contribution is 2.21. The van der Waals surface area contributed by atoms with Crippen molar-refractivity contribution in [3.63, 3.8) is 0 Å². The van der Waals surface area contributed by atoms with Crippen molar-refractivity contribution in [3.05, 3.63) is 46.1 Å². The predicted molar refractivity (Wildman–Crippen MR) is 70.0 cm³/mol. The van der Waals surface area contributed by atoms with Crippen molar-refractivity contribution in [2.45, 2.75) is 20.3 Å². The fourth-order valence-electron chi connectivity index (χ4n) is 1.72. The van der Waals surface area contributed by atoms with Crippen LogP contribution in [0.1, 0.15) is 28.7 Å². The molecule has 0 radical (unpaired) electrons. The minimum atomic E-state index is -0.532. The van der Waals surface area contributed by atoms with Crippen molar-refractivity contribution in [2.75, 3.05) is 5.32 Å². The highest BCUT2D eigenvalue weighted by Gasteiger charge is 2.19. The van der Waals surface area contributed by atoms with Gasteiger partial charge in [-0.25, -0.2) is 4.39 Å². The average Bonchev–Trinajstić information content (AvgIpc) is 2.75. The van der Waals surface area contributed by atoms with Gasteiger partial charge in [-0.1, -0.05) is 23.7 Å². The Labute approximate surface area is 114 Å². The summed E-state index contributed by atoms with van der Waals surface area (Å²) < 4.78 is 18.0. The Morgan fingerprint density at radius 2 is 2.26 bits per heavy atom. The van der Waals surface area contributed by atoms with E-state index < -0.39 is 5.82 Å². The van der Waals surface area contributed by atoms with E-state index in [0.29, 0.717) is 29.1 Å². The summed E-state index contributed by atoms with van der Waals surface area (Å²) in [7, 11) is 0. The smallest absolute Gasteiger partial charge is 0.261 e. The van der Waals surface area contributed by atoms with Crippen LogP contribution in [0.4, 0.5) is 10.1 Å². The first-order valence-electron chi connectivity index (χ1n) is 5.74. The van der Waals surface area contributed by atoms with E-state index in [2.05, 4.69) is 10.5 Å². The molecule has 2 rings (SSSR count). The largest absolute Gasteiger partial charge is 0.361 e. The van der Waals surface area contributed by atoms with Crippen LogP contribution in [-0.2, 0) is 6.42 Å². The number of nitrogens with one attached hydrogen (secondary N) is 1. The quantitative estimate of drug-likeness (QED) is 0.936. The number of aryl methyl sites for hydroxylation is 2. The van der Waals surface area contributed by atoms with Crippen LogP contribution in [-0.4, -0.2) is 11.1 Å². The van der Waals surface area contributed by atoms with Crippen LogP contribution < -0.4 is 5.32 Å². The second-order valence-electron chi connectivity index (χ2n) is 4.00. The maximum absolute atomic E-state index is 13.0. The molecule has 1 amide bonds. The molecule has 0 aliphatic carbocycles. The van der Waals surface area contributed by atoms with Gasteiger partial charge >= 0.3 is 0 Å². The lowest BCUT2D eigenvalue weighted by molar-refractivity contribution is 0.102. The number of amides is 1. The second kappa shape index (κ2) is 5.40. The van der Waals surface area contributed by atoms with Crippen LogP contribution in [0.2, 0.25) is 5.02 Å². The summed E-state index contributed by atoms with van der Waals surface area (Å²) in [6.45, 7) is 3.54. The van der Waals surface area contributed by atoms with Gasteiger partial charge in [-0.15, -0.1) is 0 Å². The Morgan fingerprint density at radius 1 is 1.53 bits per heavy atom. The maximum atomic E-state index is 13.0. The normalized spacial score (nSPS) is 10.5. The summed E-state index contributed by atoms with van der Waals surface area (Å²) >= 11 is 5.65. The van der Waals surface area contributed by atoms with Crippen LogP contribution in [0, 0.1) is 12.7 Å². The molecule has 2 aromatic rings. The molecule has 0 saturated heterocycles. The van der Waals surface area contributed by atoms with Gasteiger partial charge in [0.15, 0.2) is 0 Å². The van der Waals surface area contributed by atoms with E-state index in [1.807, 2.05) is 6.92 Å². The molecule has 100 valence electrons. The van der Waals surface area contributed by atoms with Gasteiger partial charge in [0.2, 0.25) is 0 Å². The van der Waals surface area contributed by atoms with Crippen LogP contribution in [0.25, 0.3) is 0 Å². The molecule has 0 spiro atoms. The van der Waals surface area contributed by atoms with E-state index in [-0.39, 0.29) is 10.9 Å². The standard InChI is InChI=1S/C13H12ClFN2O2/c1-3-11-12(7(2)19-17-11)13(18)16-8-4-5-10(15)9(14)6-8/h4-6H,3H2,1-2H3,(H,16,18). The SMILES string of the molecule is CCc1noc(C)c1C(=O)Nc1ccc(F)c(Cl)c1. The van der Waals surface area contributed by atoms with E-state index >= 15 is 0 Å². The van der Waals surface area contributed by atoms with E-state index in [1.165, 1.54) is 18.2 Å². The fraction of sp³-hybridized carbons (Fsp3) is 0.231. The van der Waals surface area contributed by atoms with E-state index in [1.54, 1.807) is 6.92 Å². The van der Waals surface area contributed by atoms with Crippen LogP contribution in [0.15, 0.2) is 22.7 Å². The van der Waals surface area contributed by atoms with Gasteiger partial charge in [0.1, 0.15) is 17.1 Å². The summed E-state index contributed by atoms with van der Waals surface area (Å²) in [4.78, 5) is 12.1. The summed E-state index contributed by atoms with van der Waals surface area (Å²) in [6, 6.07) is 3.98. The lowest BCUT2D eigenvalue weighted by Gasteiger charge is -2.05. The number of hydrogen-bond acceptors (Lipinski definition) is 3. The molecule has 0 aliphatic heterocycles. The summed E-state index contributed by atoms with van der Waals surface area (Å²) in [5.74, 6) is -0.434. The molecule has 0 bridgehead atoms. The molecule has 1 N–H and O–H groups in total.